The molecule has 0 saturated carbocycles. The highest BCUT2D eigenvalue weighted by atomic mass is 19.4. The number of nitrogens with one attached hydrogen (secondary N) is 1. The Morgan fingerprint density at radius 1 is 1.36 bits per heavy atom. The molecule has 0 saturated heterocycles. The zero-order chi connectivity index (χ0) is 11.0. The molecule has 86 valence electrons. The van der Waals surface area contributed by atoms with Gasteiger partial charge < -0.3 is 10.1 Å². The van der Waals surface area contributed by atoms with Crippen LogP contribution in [0.1, 0.15) is 19.8 Å². The second-order valence-corrected chi connectivity index (χ2v) is 3.49. The Balaban J connectivity index is 3.31. The summed E-state index contributed by atoms with van der Waals surface area (Å²) < 4.78 is 40.0. The molecule has 0 radical (unpaired) electrons. The van der Waals surface area contributed by atoms with Gasteiger partial charge >= 0.3 is 6.18 Å². The molecule has 1 N–H and O–H groups in total. The van der Waals surface area contributed by atoms with Gasteiger partial charge in [0.25, 0.3) is 0 Å². The first-order valence-corrected chi connectivity index (χ1v) is 4.72. The van der Waals surface area contributed by atoms with E-state index in [1.807, 2.05) is 6.92 Å². The second-order valence-electron chi connectivity index (χ2n) is 3.49. The standard InChI is InChI=1S/C9H18F3NO/c1-8(4-3-5-14-2)6-13-7-9(10,11)12/h8,13H,3-7H2,1-2H3. The molecular formula is C9H18F3NO. The number of hydrogen-bond donors (Lipinski definition) is 1. The Kier molecular flexibility index (Phi) is 6.92. The number of methoxy groups -OCH3 is 1. The lowest BCUT2D eigenvalue weighted by molar-refractivity contribution is -0.125. The van der Waals surface area contributed by atoms with E-state index in [0.717, 1.165) is 12.8 Å². The van der Waals surface area contributed by atoms with Gasteiger partial charge in [0, 0.05) is 13.7 Å². The van der Waals surface area contributed by atoms with E-state index in [0.29, 0.717) is 13.2 Å². The molecule has 0 aliphatic carbocycles. The topological polar surface area (TPSA) is 21.3 Å². The minimum absolute atomic E-state index is 0.257. The number of rotatable bonds is 7. The van der Waals surface area contributed by atoms with Gasteiger partial charge in [0.15, 0.2) is 0 Å². The van der Waals surface area contributed by atoms with Crippen molar-refractivity contribution in [3.63, 3.8) is 0 Å². The summed E-state index contributed by atoms with van der Waals surface area (Å²) in [7, 11) is 1.62. The normalized spacial score (nSPS) is 14.4. The van der Waals surface area contributed by atoms with Gasteiger partial charge in [-0.15, -0.1) is 0 Å². The van der Waals surface area contributed by atoms with Crippen molar-refractivity contribution in [1.82, 2.24) is 5.32 Å². The lowest BCUT2D eigenvalue weighted by atomic mass is 10.1. The van der Waals surface area contributed by atoms with Crippen LogP contribution in [-0.4, -0.2) is 33.0 Å². The molecule has 0 aromatic rings. The molecule has 14 heavy (non-hydrogen) atoms. The second kappa shape index (κ2) is 7.06. The molecule has 0 aromatic heterocycles. The van der Waals surface area contributed by atoms with E-state index in [1.54, 1.807) is 7.11 Å². The maximum atomic E-state index is 11.7. The van der Waals surface area contributed by atoms with Crippen LogP contribution >= 0.6 is 0 Å². The maximum Gasteiger partial charge on any atom is 0.401 e. The van der Waals surface area contributed by atoms with Crippen LogP contribution in [0, 0.1) is 5.92 Å². The van der Waals surface area contributed by atoms with Crippen LogP contribution in [0.15, 0.2) is 0 Å². The van der Waals surface area contributed by atoms with Crippen LogP contribution in [0.2, 0.25) is 0 Å². The molecule has 0 spiro atoms. The van der Waals surface area contributed by atoms with E-state index in [9.17, 15) is 13.2 Å². The first-order valence-electron chi connectivity index (χ1n) is 4.72. The highest BCUT2D eigenvalue weighted by Gasteiger charge is 2.26. The summed E-state index contributed by atoms with van der Waals surface area (Å²) in [6.07, 6.45) is -2.32. The molecule has 0 aromatic carbocycles. The zero-order valence-electron chi connectivity index (χ0n) is 8.66. The summed E-state index contributed by atoms with van der Waals surface area (Å²) in [4.78, 5) is 0. The SMILES string of the molecule is COCCCC(C)CNCC(F)(F)F. The van der Waals surface area contributed by atoms with Crippen LogP contribution in [0.25, 0.3) is 0 Å². The number of alkyl halides is 3. The van der Waals surface area contributed by atoms with Crippen LogP contribution in [0.5, 0.6) is 0 Å². The number of ether oxygens (including phenoxy) is 1. The highest BCUT2D eigenvalue weighted by molar-refractivity contribution is 4.60. The van der Waals surface area contributed by atoms with E-state index in [1.165, 1.54) is 0 Å². The van der Waals surface area contributed by atoms with Crippen molar-refractivity contribution < 1.29 is 17.9 Å². The highest BCUT2D eigenvalue weighted by Crippen LogP contribution is 2.12. The maximum absolute atomic E-state index is 11.7. The number of hydrogen-bond acceptors (Lipinski definition) is 2. The van der Waals surface area contributed by atoms with Crippen molar-refractivity contribution >= 4 is 0 Å². The lowest BCUT2D eigenvalue weighted by Crippen LogP contribution is -2.31. The van der Waals surface area contributed by atoms with E-state index < -0.39 is 12.7 Å². The third kappa shape index (κ3) is 9.80. The lowest BCUT2D eigenvalue weighted by Gasteiger charge is -2.13. The fourth-order valence-electron chi connectivity index (χ4n) is 1.14. The largest absolute Gasteiger partial charge is 0.401 e. The van der Waals surface area contributed by atoms with Gasteiger partial charge in [0.2, 0.25) is 0 Å². The van der Waals surface area contributed by atoms with Gasteiger partial charge in [-0.1, -0.05) is 6.92 Å². The van der Waals surface area contributed by atoms with Crippen LogP contribution in [0.4, 0.5) is 13.2 Å². The van der Waals surface area contributed by atoms with Crippen molar-refractivity contribution in [2.45, 2.75) is 25.9 Å². The van der Waals surface area contributed by atoms with E-state index >= 15 is 0 Å². The summed E-state index contributed by atoms with van der Waals surface area (Å²) in [5.41, 5.74) is 0. The van der Waals surface area contributed by atoms with Gasteiger partial charge in [0.1, 0.15) is 0 Å². The Labute approximate surface area is 82.8 Å². The first kappa shape index (κ1) is 13.7. The van der Waals surface area contributed by atoms with Crippen molar-refractivity contribution in [2.75, 3.05) is 26.8 Å². The van der Waals surface area contributed by atoms with Crippen LogP contribution < -0.4 is 5.32 Å². The third-order valence-corrected chi connectivity index (χ3v) is 1.86. The Hall–Kier alpha value is -0.290. The third-order valence-electron chi connectivity index (χ3n) is 1.86. The Morgan fingerprint density at radius 2 is 2.00 bits per heavy atom. The molecule has 0 aliphatic heterocycles. The molecule has 0 heterocycles. The molecule has 5 heteroatoms. The van der Waals surface area contributed by atoms with Gasteiger partial charge in [-0.05, 0) is 25.3 Å². The van der Waals surface area contributed by atoms with E-state index in [4.69, 9.17) is 4.74 Å². The van der Waals surface area contributed by atoms with E-state index in [-0.39, 0.29) is 5.92 Å². The average molecular weight is 213 g/mol. The summed E-state index contributed by atoms with van der Waals surface area (Å²) in [5.74, 6) is 0.257. The fraction of sp³-hybridized carbons (Fsp3) is 1.00. The predicted molar refractivity (Wildman–Crippen MR) is 49.2 cm³/mol. The average Bonchev–Trinajstić information content (AvgIpc) is 2.02. The van der Waals surface area contributed by atoms with Crippen molar-refractivity contribution in [3.05, 3.63) is 0 Å². The molecule has 0 amide bonds. The fourth-order valence-corrected chi connectivity index (χ4v) is 1.14. The Bertz CT molecular complexity index is 139. The monoisotopic (exact) mass is 213 g/mol. The minimum Gasteiger partial charge on any atom is -0.385 e. The van der Waals surface area contributed by atoms with E-state index in [2.05, 4.69) is 5.32 Å². The molecule has 0 bridgehead atoms. The first-order chi connectivity index (χ1) is 6.45. The van der Waals surface area contributed by atoms with Crippen molar-refractivity contribution in [1.29, 1.82) is 0 Å². The smallest absolute Gasteiger partial charge is 0.385 e. The van der Waals surface area contributed by atoms with Crippen molar-refractivity contribution in [2.24, 2.45) is 5.92 Å². The van der Waals surface area contributed by atoms with Gasteiger partial charge in [-0.2, -0.15) is 13.2 Å². The molecular weight excluding hydrogens is 195 g/mol. The summed E-state index contributed by atoms with van der Waals surface area (Å²) in [6.45, 7) is 2.10. The number of halogens is 3. The molecule has 2 nitrogen and oxygen atoms in total. The minimum atomic E-state index is -4.10. The summed E-state index contributed by atoms with van der Waals surface area (Å²) >= 11 is 0. The van der Waals surface area contributed by atoms with Crippen LogP contribution in [-0.2, 0) is 4.74 Å². The summed E-state index contributed by atoms with van der Waals surface area (Å²) in [6, 6.07) is 0. The van der Waals surface area contributed by atoms with Gasteiger partial charge in [-0.25, -0.2) is 0 Å². The molecule has 0 rings (SSSR count). The van der Waals surface area contributed by atoms with Crippen LogP contribution in [0.3, 0.4) is 0 Å². The zero-order valence-corrected chi connectivity index (χ0v) is 8.66. The summed E-state index contributed by atoms with van der Waals surface area (Å²) in [5, 5.41) is 2.39. The molecule has 1 unspecified atom stereocenters. The predicted octanol–water partition coefficient (Wildman–Crippen LogP) is 2.20. The van der Waals surface area contributed by atoms with Gasteiger partial charge in [0.05, 0.1) is 6.54 Å². The van der Waals surface area contributed by atoms with Crippen molar-refractivity contribution in [3.8, 4) is 0 Å². The molecule has 0 fully saturated rings. The van der Waals surface area contributed by atoms with Gasteiger partial charge in [-0.3, -0.25) is 0 Å². The Morgan fingerprint density at radius 3 is 2.50 bits per heavy atom. The molecule has 0 aliphatic rings. The molecule has 1 atom stereocenters. The quantitative estimate of drug-likeness (QED) is 0.655.